The number of carbonyl (C=O) groups is 5. The molecule has 3 aromatic carbocycles. The molecular weight excluding hydrogens is 776 g/mol. The first-order valence-corrected chi connectivity index (χ1v) is 19.0. The van der Waals surface area contributed by atoms with Crippen molar-refractivity contribution in [1.82, 2.24) is 36.4 Å². The van der Waals surface area contributed by atoms with Gasteiger partial charge in [-0.3, -0.25) is 24.3 Å². The summed E-state index contributed by atoms with van der Waals surface area (Å²) in [4.78, 5) is 65.8. The number of aromatic nitrogens is 3. The third-order valence-corrected chi connectivity index (χ3v) is 10.1. The molecule has 0 aliphatic heterocycles. The Balaban J connectivity index is 1.31. The second kappa shape index (κ2) is 18.5. The fourth-order valence-electron chi connectivity index (χ4n) is 6.80. The first-order valence-electron chi connectivity index (χ1n) is 19.0. The van der Waals surface area contributed by atoms with Crippen LogP contribution in [0.15, 0.2) is 66.7 Å². The summed E-state index contributed by atoms with van der Waals surface area (Å²) in [7, 11) is 0.795. The summed E-state index contributed by atoms with van der Waals surface area (Å²) in [6, 6.07) is 17.4. The zero-order chi connectivity index (χ0) is 43.1. The summed E-state index contributed by atoms with van der Waals surface area (Å²) in [5.74, 6) is -15.5. The second-order valence-electron chi connectivity index (χ2n) is 14.8. The first kappa shape index (κ1) is 43.8. The molecule has 0 radical (unpaired) electrons. The maximum absolute atomic E-state index is 14.6. The molecule has 0 saturated heterocycles. The van der Waals surface area contributed by atoms with E-state index in [1.165, 1.54) is 29.6 Å². The molecule has 0 spiro atoms. The van der Waals surface area contributed by atoms with Crippen LogP contribution in [0.3, 0.4) is 0 Å². The Hall–Kier alpha value is -6.33. The van der Waals surface area contributed by atoms with Gasteiger partial charge in [-0.25, -0.2) is 9.78 Å². The Morgan fingerprint density at radius 1 is 0.881 bits per heavy atom. The number of H-pyrrole nitrogens is 1. The smallest absolute Gasteiger partial charge is 0.404 e. The lowest BCUT2D eigenvalue weighted by Crippen LogP contribution is -2.50. The number of amides is 5. The van der Waals surface area contributed by atoms with Gasteiger partial charge in [0.15, 0.2) is 5.82 Å². The molecule has 5 amide bonds. The van der Waals surface area contributed by atoms with E-state index in [2.05, 4.69) is 31.3 Å². The minimum atomic E-state index is -5.11. The van der Waals surface area contributed by atoms with Crippen molar-refractivity contribution < 1.29 is 46.6 Å². The number of halogens is 4. The first-order chi connectivity index (χ1) is 27.9. The molecule has 1 aliphatic rings. The van der Waals surface area contributed by atoms with Crippen LogP contribution in [0.5, 0.6) is 0 Å². The summed E-state index contributed by atoms with van der Waals surface area (Å²) in [5, 5.41) is 26.8. The molecule has 7 N–H and O–H groups in total. The summed E-state index contributed by atoms with van der Waals surface area (Å²) >= 11 is 0. The van der Waals surface area contributed by atoms with Gasteiger partial charge in [-0.15, -0.1) is 0 Å². The van der Waals surface area contributed by atoms with Gasteiger partial charge in [0.25, 0.3) is 11.8 Å². The van der Waals surface area contributed by atoms with Crippen LogP contribution >= 0.6 is 0 Å². The molecule has 1 saturated carbocycles. The maximum atomic E-state index is 14.6. The Bertz CT molecular complexity index is 2150. The topological polar surface area (TPSA) is 207 Å². The molecule has 1 atom stereocenters. The molecule has 1 fully saturated rings. The van der Waals surface area contributed by atoms with Crippen LogP contribution in [0.2, 0.25) is 0 Å². The number of aromatic amines is 1. The SMILES string of the molecule is CNC(=O)C(F)(F)C(F)(F)c1nc(-c2ccc(NC(=O)[C@H](Cc3ccc(-c4ccc(C(=O)NC(C)C)cc4C)cc3)NC(=O)C3CCC(CNC(=O)O)CC3)cc2)n[nH]1. The fourth-order valence-corrected chi connectivity index (χ4v) is 6.80. The molecule has 314 valence electrons. The molecule has 1 aliphatic carbocycles. The molecule has 0 bridgehead atoms. The standard InChI is InChI=1S/C41H46F4N8O6/c1-22(2)48-35(55)29-15-18-31(23(3)19-29)26-9-5-24(6-10-26)20-32(50-34(54)28-11-7-25(8-12-28)21-47-39(58)59)36(56)49-30-16-13-27(14-17-30)33-51-37(53-52-33)40(42,43)41(44,45)38(57)46-4/h5-6,9-10,13-19,22,25,28,32,47H,7-8,11-12,20-21H2,1-4H3,(H,46,57)(H,48,55)(H,49,56)(H,50,54)(H,58,59)(H,51,52,53)/t25?,28?,32-/m0/s1. The average Bonchev–Trinajstić information content (AvgIpc) is 3.71. The van der Waals surface area contributed by atoms with E-state index in [-0.39, 0.29) is 53.8 Å². The van der Waals surface area contributed by atoms with E-state index in [0.29, 0.717) is 31.2 Å². The molecular formula is C41H46F4N8O6. The highest BCUT2D eigenvalue weighted by molar-refractivity contribution is 5.98. The highest BCUT2D eigenvalue weighted by atomic mass is 19.3. The number of carbonyl (C=O) groups excluding carboxylic acids is 4. The average molecular weight is 823 g/mol. The molecule has 0 unspecified atom stereocenters. The molecule has 5 rings (SSSR count). The van der Waals surface area contributed by atoms with Gasteiger partial charge in [0.05, 0.1) is 0 Å². The molecule has 14 nitrogen and oxygen atoms in total. The summed E-state index contributed by atoms with van der Waals surface area (Å²) < 4.78 is 57.4. The lowest BCUT2D eigenvalue weighted by Gasteiger charge is -2.29. The van der Waals surface area contributed by atoms with Crippen LogP contribution in [-0.4, -0.2) is 81.6 Å². The monoisotopic (exact) mass is 822 g/mol. The zero-order valence-corrected chi connectivity index (χ0v) is 32.8. The van der Waals surface area contributed by atoms with E-state index in [1.54, 1.807) is 11.2 Å². The van der Waals surface area contributed by atoms with Gasteiger partial charge in [-0.1, -0.05) is 30.3 Å². The Kier molecular flexibility index (Phi) is 13.7. The van der Waals surface area contributed by atoms with Crippen molar-refractivity contribution in [1.29, 1.82) is 0 Å². The molecule has 18 heteroatoms. The van der Waals surface area contributed by atoms with Gasteiger partial charge in [-0.2, -0.15) is 22.7 Å². The van der Waals surface area contributed by atoms with Gasteiger partial charge < -0.3 is 31.7 Å². The van der Waals surface area contributed by atoms with E-state index < -0.39 is 47.5 Å². The van der Waals surface area contributed by atoms with Crippen LogP contribution in [0, 0.1) is 18.8 Å². The summed E-state index contributed by atoms with van der Waals surface area (Å²) in [6.45, 7) is 5.97. The predicted octanol–water partition coefficient (Wildman–Crippen LogP) is 5.80. The Morgan fingerprint density at radius 2 is 1.53 bits per heavy atom. The van der Waals surface area contributed by atoms with Gasteiger partial charge in [0, 0.05) is 48.8 Å². The number of alkyl halides is 4. The molecule has 1 heterocycles. The van der Waals surface area contributed by atoms with Gasteiger partial charge >= 0.3 is 17.9 Å². The quantitative estimate of drug-likeness (QED) is 0.0728. The van der Waals surface area contributed by atoms with Gasteiger partial charge in [0.2, 0.25) is 17.6 Å². The molecule has 1 aromatic heterocycles. The van der Waals surface area contributed by atoms with Crippen LogP contribution in [0.1, 0.15) is 66.8 Å². The van der Waals surface area contributed by atoms with E-state index in [0.717, 1.165) is 29.3 Å². The highest BCUT2D eigenvalue weighted by Gasteiger charge is 2.65. The van der Waals surface area contributed by atoms with Crippen LogP contribution in [0.4, 0.5) is 28.0 Å². The molecule has 4 aromatic rings. The van der Waals surface area contributed by atoms with E-state index in [9.17, 15) is 41.5 Å². The number of carboxylic acid groups (broad SMARTS) is 1. The van der Waals surface area contributed by atoms with Gasteiger partial charge in [-0.05, 0) is 111 Å². The van der Waals surface area contributed by atoms with Crippen molar-refractivity contribution in [2.75, 3.05) is 18.9 Å². The van der Waals surface area contributed by atoms with Gasteiger partial charge in [0.1, 0.15) is 6.04 Å². The number of nitrogens with zero attached hydrogens (tertiary/aromatic N) is 2. The largest absolute Gasteiger partial charge is 0.465 e. The minimum Gasteiger partial charge on any atom is -0.465 e. The number of aryl methyl sites for hydroxylation is 1. The number of nitrogens with one attached hydrogen (secondary N) is 6. The normalized spacial score (nSPS) is 16.2. The third kappa shape index (κ3) is 10.6. The maximum Gasteiger partial charge on any atom is 0.404 e. The van der Waals surface area contributed by atoms with Crippen molar-refractivity contribution in [3.05, 3.63) is 89.2 Å². The van der Waals surface area contributed by atoms with Crippen molar-refractivity contribution in [3.8, 4) is 22.5 Å². The minimum absolute atomic E-state index is 0.00943. The molecule has 59 heavy (non-hydrogen) atoms. The highest BCUT2D eigenvalue weighted by Crippen LogP contribution is 2.42. The van der Waals surface area contributed by atoms with Crippen LogP contribution in [-0.2, 0) is 26.7 Å². The lowest BCUT2D eigenvalue weighted by molar-refractivity contribution is -0.218. The van der Waals surface area contributed by atoms with Crippen molar-refractivity contribution in [2.24, 2.45) is 11.8 Å². The van der Waals surface area contributed by atoms with Crippen molar-refractivity contribution in [2.45, 2.75) is 76.8 Å². The Morgan fingerprint density at radius 3 is 2.12 bits per heavy atom. The summed E-state index contributed by atoms with van der Waals surface area (Å²) in [6.07, 6.45) is 1.28. The lowest BCUT2D eigenvalue weighted by atomic mass is 9.81. The van der Waals surface area contributed by atoms with Crippen LogP contribution < -0.4 is 26.6 Å². The van der Waals surface area contributed by atoms with E-state index in [4.69, 9.17) is 5.11 Å². The van der Waals surface area contributed by atoms with Crippen LogP contribution in [0.25, 0.3) is 22.5 Å². The number of anilines is 1. The van der Waals surface area contributed by atoms with E-state index >= 15 is 0 Å². The number of benzene rings is 3. The van der Waals surface area contributed by atoms with E-state index in [1.807, 2.05) is 57.2 Å². The fraction of sp³-hybridized carbons (Fsp3) is 0.390. The van der Waals surface area contributed by atoms with Crippen molar-refractivity contribution >= 4 is 35.4 Å². The second-order valence-corrected chi connectivity index (χ2v) is 14.8. The Labute approximate surface area is 337 Å². The third-order valence-electron chi connectivity index (χ3n) is 10.1. The predicted molar refractivity (Wildman–Crippen MR) is 210 cm³/mol. The number of hydrogen-bond donors (Lipinski definition) is 7. The number of rotatable bonds is 15. The summed E-state index contributed by atoms with van der Waals surface area (Å²) in [5.41, 5.74) is 4.35. The number of hydrogen-bond acceptors (Lipinski definition) is 7. The van der Waals surface area contributed by atoms with Crippen molar-refractivity contribution in [3.63, 3.8) is 0 Å². The zero-order valence-electron chi connectivity index (χ0n) is 32.8.